The molecule has 3 aliphatic heterocycles. The first-order valence-electron chi connectivity index (χ1n) is 8.98. The molecule has 7 heteroatoms. The molecule has 0 aromatic rings. The molecule has 3 heterocycles. The standard InChI is InChI=1S/C17H29N3O4/c1-17(2,3)24-16(23)20-12-4-5-13(20)11-14(10-12)18-6-8-19(9-7-18)15(21)22/h12-14H,4-11H2,1-3H3,(H,21,22). The Balaban J connectivity index is 1.58. The van der Waals surface area contributed by atoms with Crippen LogP contribution in [0.2, 0.25) is 0 Å². The van der Waals surface area contributed by atoms with Gasteiger partial charge in [-0.2, -0.15) is 0 Å². The number of carbonyl (C=O) groups excluding carboxylic acids is 1. The van der Waals surface area contributed by atoms with Crippen molar-refractivity contribution in [2.24, 2.45) is 0 Å². The molecule has 3 aliphatic rings. The number of nitrogens with zero attached hydrogens (tertiary/aromatic N) is 3. The van der Waals surface area contributed by atoms with Gasteiger partial charge in [0.2, 0.25) is 0 Å². The molecule has 1 N–H and O–H groups in total. The molecule has 0 radical (unpaired) electrons. The number of rotatable bonds is 1. The van der Waals surface area contributed by atoms with Crippen LogP contribution in [0.25, 0.3) is 0 Å². The fourth-order valence-electron chi connectivity index (χ4n) is 4.34. The van der Waals surface area contributed by atoms with Crippen molar-refractivity contribution in [2.75, 3.05) is 26.2 Å². The molecular formula is C17H29N3O4. The van der Waals surface area contributed by atoms with Gasteiger partial charge >= 0.3 is 12.2 Å². The van der Waals surface area contributed by atoms with Gasteiger partial charge in [-0.25, -0.2) is 9.59 Å². The summed E-state index contributed by atoms with van der Waals surface area (Å²) in [5.41, 5.74) is -0.458. The lowest BCUT2D eigenvalue weighted by atomic mass is 9.95. The Kier molecular flexibility index (Phi) is 4.64. The molecule has 0 spiro atoms. The predicted molar refractivity (Wildman–Crippen MR) is 89.1 cm³/mol. The number of hydrogen-bond donors (Lipinski definition) is 1. The maximum atomic E-state index is 12.5. The van der Waals surface area contributed by atoms with E-state index in [1.54, 1.807) is 0 Å². The van der Waals surface area contributed by atoms with E-state index >= 15 is 0 Å². The lowest BCUT2D eigenvalue weighted by Crippen LogP contribution is -2.57. The highest BCUT2D eigenvalue weighted by Gasteiger charge is 2.46. The first kappa shape index (κ1) is 17.3. The van der Waals surface area contributed by atoms with Crippen molar-refractivity contribution >= 4 is 12.2 Å². The Morgan fingerprint density at radius 1 is 0.958 bits per heavy atom. The van der Waals surface area contributed by atoms with E-state index in [-0.39, 0.29) is 18.2 Å². The van der Waals surface area contributed by atoms with Gasteiger partial charge in [0.1, 0.15) is 5.60 Å². The van der Waals surface area contributed by atoms with Gasteiger partial charge in [0.25, 0.3) is 0 Å². The predicted octanol–water partition coefficient (Wildman–Crippen LogP) is 2.21. The molecule has 2 atom stereocenters. The normalized spacial score (nSPS) is 31.2. The number of carbonyl (C=O) groups is 2. The number of piperazine rings is 1. The molecule has 136 valence electrons. The number of amides is 2. The second-order valence-corrected chi connectivity index (χ2v) is 8.20. The van der Waals surface area contributed by atoms with Crippen molar-refractivity contribution in [1.29, 1.82) is 0 Å². The molecule has 0 aromatic carbocycles. The van der Waals surface area contributed by atoms with E-state index in [0.29, 0.717) is 19.1 Å². The Morgan fingerprint density at radius 2 is 1.50 bits per heavy atom. The van der Waals surface area contributed by atoms with Crippen molar-refractivity contribution in [3.05, 3.63) is 0 Å². The van der Waals surface area contributed by atoms with Crippen LogP contribution >= 0.6 is 0 Å². The van der Waals surface area contributed by atoms with Crippen LogP contribution in [0.5, 0.6) is 0 Å². The van der Waals surface area contributed by atoms with Crippen molar-refractivity contribution in [3.8, 4) is 0 Å². The second kappa shape index (κ2) is 6.43. The fourth-order valence-corrected chi connectivity index (χ4v) is 4.34. The van der Waals surface area contributed by atoms with E-state index < -0.39 is 11.7 Å². The SMILES string of the molecule is CC(C)(C)OC(=O)N1C2CCC1CC(N1CCN(C(=O)O)CC1)C2. The summed E-state index contributed by atoms with van der Waals surface area (Å²) in [6.07, 6.45) is 3.05. The zero-order valence-electron chi connectivity index (χ0n) is 14.9. The first-order valence-corrected chi connectivity index (χ1v) is 8.98. The summed E-state index contributed by atoms with van der Waals surface area (Å²) in [6.45, 7) is 8.46. The molecule has 0 saturated carbocycles. The summed E-state index contributed by atoms with van der Waals surface area (Å²) in [5.74, 6) is 0. The molecule has 3 rings (SSSR count). The minimum atomic E-state index is -0.825. The summed E-state index contributed by atoms with van der Waals surface area (Å²) in [6, 6.07) is 0.985. The highest BCUT2D eigenvalue weighted by molar-refractivity contribution is 5.69. The zero-order valence-corrected chi connectivity index (χ0v) is 14.9. The van der Waals surface area contributed by atoms with Crippen LogP contribution < -0.4 is 0 Å². The van der Waals surface area contributed by atoms with Crippen LogP contribution in [0.15, 0.2) is 0 Å². The van der Waals surface area contributed by atoms with E-state index in [0.717, 1.165) is 38.8 Å². The second-order valence-electron chi connectivity index (χ2n) is 8.20. The minimum Gasteiger partial charge on any atom is -0.465 e. The first-order chi connectivity index (χ1) is 11.2. The Labute approximate surface area is 143 Å². The summed E-state index contributed by atoms with van der Waals surface area (Å²) >= 11 is 0. The molecule has 3 fully saturated rings. The van der Waals surface area contributed by atoms with Gasteiger partial charge in [-0.1, -0.05) is 0 Å². The van der Waals surface area contributed by atoms with Crippen LogP contribution in [0.3, 0.4) is 0 Å². The van der Waals surface area contributed by atoms with Crippen LogP contribution in [-0.4, -0.2) is 81.9 Å². The van der Waals surface area contributed by atoms with Crippen LogP contribution in [-0.2, 0) is 4.74 Å². The molecule has 24 heavy (non-hydrogen) atoms. The van der Waals surface area contributed by atoms with Gasteiger partial charge in [0.05, 0.1) is 0 Å². The van der Waals surface area contributed by atoms with Crippen molar-refractivity contribution < 1.29 is 19.4 Å². The van der Waals surface area contributed by atoms with Gasteiger partial charge in [-0.15, -0.1) is 0 Å². The molecule has 2 bridgehead atoms. The van der Waals surface area contributed by atoms with Crippen LogP contribution in [0.4, 0.5) is 9.59 Å². The maximum absolute atomic E-state index is 12.5. The summed E-state index contributed by atoms with van der Waals surface area (Å²) < 4.78 is 5.58. The molecule has 0 aliphatic carbocycles. The highest BCUT2D eigenvalue weighted by atomic mass is 16.6. The number of hydrogen-bond acceptors (Lipinski definition) is 4. The number of ether oxygens (including phenoxy) is 1. The highest BCUT2D eigenvalue weighted by Crippen LogP contribution is 2.38. The Bertz CT molecular complexity index is 483. The van der Waals surface area contributed by atoms with Crippen LogP contribution in [0, 0.1) is 0 Å². The van der Waals surface area contributed by atoms with Gasteiger partial charge in [0.15, 0.2) is 0 Å². The third-order valence-corrected chi connectivity index (χ3v) is 5.41. The van der Waals surface area contributed by atoms with Gasteiger partial charge < -0.3 is 19.6 Å². The van der Waals surface area contributed by atoms with Crippen molar-refractivity contribution in [3.63, 3.8) is 0 Å². The van der Waals surface area contributed by atoms with Gasteiger partial charge in [0, 0.05) is 44.3 Å². The van der Waals surface area contributed by atoms with E-state index in [2.05, 4.69) is 4.90 Å². The third kappa shape index (κ3) is 3.61. The molecule has 7 nitrogen and oxygen atoms in total. The monoisotopic (exact) mass is 339 g/mol. The quantitative estimate of drug-likeness (QED) is 0.793. The average molecular weight is 339 g/mol. The van der Waals surface area contributed by atoms with Crippen molar-refractivity contribution in [2.45, 2.75) is 70.2 Å². The zero-order chi connectivity index (χ0) is 17.5. The van der Waals surface area contributed by atoms with E-state index in [1.807, 2.05) is 25.7 Å². The average Bonchev–Trinajstić information content (AvgIpc) is 2.76. The lowest BCUT2D eigenvalue weighted by Gasteiger charge is -2.45. The summed E-state index contributed by atoms with van der Waals surface area (Å²) in [5, 5.41) is 9.07. The topological polar surface area (TPSA) is 73.3 Å². The molecule has 2 amide bonds. The van der Waals surface area contributed by atoms with Crippen molar-refractivity contribution in [1.82, 2.24) is 14.7 Å². The Morgan fingerprint density at radius 3 is 1.96 bits per heavy atom. The molecule has 3 saturated heterocycles. The smallest absolute Gasteiger partial charge is 0.410 e. The van der Waals surface area contributed by atoms with E-state index in [9.17, 15) is 9.59 Å². The van der Waals surface area contributed by atoms with E-state index in [4.69, 9.17) is 9.84 Å². The Hall–Kier alpha value is -1.50. The number of carboxylic acid groups (broad SMARTS) is 1. The molecule has 0 aromatic heterocycles. The molecule has 2 unspecified atom stereocenters. The lowest BCUT2D eigenvalue weighted by molar-refractivity contribution is -0.00907. The van der Waals surface area contributed by atoms with E-state index in [1.165, 1.54) is 4.90 Å². The van der Waals surface area contributed by atoms with Gasteiger partial charge in [-0.3, -0.25) is 4.90 Å². The number of fused-ring (bicyclic) bond motifs is 2. The summed E-state index contributed by atoms with van der Waals surface area (Å²) in [7, 11) is 0. The maximum Gasteiger partial charge on any atom is 0.410 e. The van der Waals surface area contributed by atoms with Crippen LogP contribution in [0.1, 0.15) is 46.5 Å². The van der Waals surface area contributed by atoms with Gasteiger partial charge in [-0.05, 0) is 46.5 Å². The fraction of sp³-hybridized carbons (Fsp3) is 0.882. The third-order valence-electron chi connectivity index (χ3n) is 5.41. The minimum absolute atomic E-state index is 0.177. The molecular weight excluding hydrogens is 310 g/mol. The largest absolute Gasteiger partial charge is 0.465 e. The number of piperidine rings is 1. The summed E-state index contributed by atoms with van der Waals surface area (Å²) in [4.78, 5) is 29.4.